The molecule has 2 saturated heterocycles. The van der Waals surface area contributed by atoms with E-state index in [4.69, 9.17) is 4.74 Å². The summed E-state index contributed by atoms with van der Waals surface area (Å²) >= 11 is 4.67. The number of anilines is 2. The third kappa shape index (κ3) is 4.79. The number of morpholine rings is 1. The Morgan fingerprint density at radius 1 is 1.10 bits per heavy atom. The fourth-order valence-electron chi connectivity index (χ4n) is 3.66. The highest BCUT2D eigenvalue weighted by molar-refractivity contribution is 9.11. The van der Waals surface area contributed by atoms with Gasteiger partial charge in [-0.3, -0.25) is 9.59 Å². The summed E-state index contributed by atoms with van der Waals surface area (Å²) in [5, 5.41) is 4.70. The van der Waals surface area contributed by atoms with Crippen LogP contribution in [0.2, 0.25) is 0 Å². The zero-order chi connectivity index (χ0) is 20.2. The van der Waals surface area contributed by atoms with Crippen LogP contribution in [0.3, 0.4) is 0 Å². The van der Waals surface area contributed by atoms with Crippen molar-refractivity contribution in [3.63, 3.8) is 0 Å². The van der Waals surface area contributed by atoms with E-state index in [0.717, 1.165) is 31.6 Å². The van der Waals surface area contributed by atoms with Gasteiger partial charge in [-0.2, -0.15) is 0 Å². The van der Waals surface area contributed by atoms with E-state index in [2.05, 4.69) is 31.1 Å². The fourth-order valence-corrected chi connectivity index (χ4v) is 4.65. The van der Waals surface area contributed by atoms with Gasteiger partial charge in [-0.1, -0.05) is 0 Å². The van der Waals surface area contributed by atoms with Crippen molar-refractivity contribution < 1.29 is 14.3 Å². The van der Waals surface area contributed by atoms with E-state index in [9.17, 15) is 9.59 Å². The van der Waals surface area contributed by atoms with Crippen LogP contribution in [0.25, 0.3) is 0 Å². The molecule has 2 aliphatic rings. The third-order valence-electron chi connectivity index (χ3n) is 5.20. The van der Waals surface area contributed by atoms with E-state index >= 15 is 0 Å². The van der Waals surface area contributed by atoms with Crippen molar-refractivity contribution in [1.82, 2.24) is 9.88 Å². The standard InChI is InChI=1S/C20H23BrN4O3S/c21-20-23-16(13-29-20)18(26)22-15-5-4-14(19(27)25-8-10-28-11-9-25)12-17(15)24-6-2-1-3-7-24/h4-5,12-13H,1-3,6-11H2,(H,22,26). The summed E-state index contributed by atoms with van der Waals surface area (Å²) in [5.41, 5.74) is 2.62. The summed E-state index contributed by atoms with van der Waals surface area (Å²) in [6.07, 6.45) is 3.42. The van der Waals surface area contributed by atoms with E-state index in [-0.39, 0.29) is 11.8 Å². The Kier molecular flexibility index (Phi) is 6.46. The minimum atomic E-state index is -0.252. The lowest BCUT2D eigenvalue weighted by atomic mass is 10.1. The van der Waals surface area contributed by atoms with Gasteiger partial charge in [0.2, 0.25) is 0 Å². The number of hydrogen-bond acceptors (Lipinski definition) is 6. The van der Waals surface area contributed by atoms with Crippen molar-refractivity contribution in [2.24, 2.45) is 0 Å². The van der Waals surface area contributed by atoms with Gasteiger partial charge in [0.05, 0.1) is 24.6 Å². The van der Waals surface area contributed by atoms with E-state index in [0.29, 0.717) is 47.2 Å². The van der Waals surface area contributed by atoms with Crippen molar-refractivity contribution in [2.75, 3.05) is 49.6 Å². The molecule has 154 valence electrons. The van der Waals surface area contributed by atoms with E-state index < -0.39 is 0 Å². The number of nitrogens with zero attached hydrogens (tertiary/aromatic N) is 3. The topological polar surface area (TPSA) is 74.8 Å². The maximum absolute atomic E-state index is 12.9. The first-order valence-electron chi connectivity index (χ1n) is 9.80. The second kappa shape index (κ2) is 9.23. The highest BCUT2D eigenvalue weighted by Gasteiger charge is 2.23. The minimum absolute atomic E-state index is 0.00728. The molecular formula is C20H23BrN4O3S. The van der Waals surface area contributed by atoms with Gasteiger partial charge in [-0.25, -0.2) is 4.98 Å². The van der Waals surface area contributed by atoms with Crippen LogP contribution >= 0.6 is 27.3 Å². The summed E-state index contributed by atoms with van der Waals surface area (Å²) < 4.78 is 6.02. The Morgan fingerprint density at radius 3 is 2.55 bits per heavy atom. The lowest BCUT2D eigenvalue weighted by Gasteiger charge is -2.32. The maximum atomic E-state index is 12.9. The SMILES string of the molecule is O=C(Nc1ccc(C(=O)N2CCOCC2)cc1N1CCCCC1)c1csc(Br)n1. The number of nitrogens with one attached hydrogen (secondary N) is 1. The molecule has 0 spiro atoms. The van der Waals surface area contributed by atoms with Crippen LogP contribution in [-0.4, -0.2) is 61.1 Å². The largest absolute Gasteiger partial charge is 0.378 e. The Hall–Kier alpha value is -1.97. The molecule has 2 aliphatic heterocycles. The zero-order valence-electron chi connectivity index (χ0n) is 16.0. The molecule has 2 fully saturated rings. The van der Waals surface area contributed by atoms with E-state index in [1.165, 1.54) is 17.8 Å². The lowest BCUT2D eigenvalue weighted by Crippen LogP contribution is -2.40. The van der Waals surface area contributed by atoms with Crippen molar-refractivity contribution in [3.05, 3.63) is 38.8 Å². The molecule has 1 aromatic carbocycles. The Balaban J connectivity index is 1.61. The summed E-state index contributed by atoms with van der Waals surface area (Å²) in [6, 6.07) is 5.53. The number of piperidine rings is 1. The number of carbonyl (C=O) groups is 2. The summed E-state index contributed by atoms with van der Waals surface area (Å²) in [5.74, 6) is -0.245. The molecular weight excluding hydrogens is 456 g/mol. The molecule has 1 aromatic heterocycles. The molecule has 3 heterocycles. The van der Waals surface area contributed by atoms with E-state index in [1.54, 1.807) is 11.4 Å². The first-order chi connectivity index (χ1) is 14.1. The lowest BCUT2D eigenvalue weighted by molar-refractivity contribution is 0.0303. The molecule has 0 aliphatic carbocycles. The first-order valence-corrected chi connectivity index (χ1v) is 11.5. The number of halogens is 1. The van der Waals surface area contributed by atoms with Gasteiger partial charge in [0, 0.05) is 37.1 Å². The van der Waals surface area contributed by atoms with Gasteiger partial charge >= 0.3 is 0 Å². The summed E-state index contributed by atoms with van der Waals surface area (Å²) in [4.78, 5) is 33.8. The number of amides is 2. The van der Waals surface area contributed by atoms with E-state index in [1.807, 2.05) is 17.0 Å². The average molecular weight is 479 g/mol. The molecule has 4 rings (SSSR count). The van der Waals surface area contributed by atoms with Crippen molar-refractivity contribution >= 4 is 50.5 Å². The second-order valence-corrected chi connectivity index (χ2v) is 9.26. The van der Waals surface area contributed by atoms with Gasteiger partial charge in [0.25, 0.3) is 11.8 Å². The number of benzene rings is 1. The highest BCUT2D eigenvalue weighted by Crippen LogP contribution is 2.31. The van der Waals surface area contributed by atoms with Gasteiger partial charge < -0.3 is 19.9 Å². The Morgan fingerprint density at radius 2 is 1.86 bits per heavy atom. The Labute approximate surface area is 182 Å². The minimum Gasteiger partial charge on any atom is -0.378 e. The number of carbonyl (C=O) groups excluding carboxylic acids is 2. The molecule has 0 saturated carbocycles. The van der Waals surface area contributed by atoms with Crippen LogP contribution in [-0.2, 0) is 4.74 Å². The summed E-state index contributed by atoms with van der Waals surface area (Å²) in [7, 11) is 0. The van der Waals surface area contributed by atoms with Gasteiger partial charge in [-0.15, -0.1) is 11.3 Å². The zero-order valence-corrected chi connectivity index (χ0v) is 18.4. The van der Waals surface area contributed by atoms with Crippen LogP contribution in [0.5, 0.6) is 0 Å². The number of thiazole rings is 1. The molecule has 7 nitrogen and oxygen atoms in total. The molecule has 0 radical (unpaired) electrons. The second-order valence-electron chi connectivity index (χ2n) is 7.12. The van der Waals surface area contributed by atoms with Crippen LogP contribution in [0.15, 0.2) is 27.5 Å². The molecule has 29 heavy (non-hydrogen) atoms. The van der Waals surface area contributed by atoms with Gasteiger partial charge in [0.15, 0.2) is 3.92 Å². The normalized spacial score (nSPS) is 17.3. The molecule has 9 heteroatoms. The highest BCUT2D eigenvalue weighted by atomic mass is 79.9. The van der Waals surface area contributed by atoms with Crippen LogP contribution < -0.4 is 10.2 Å². The third-order valence-corrected chi connectivity index (χ3v) is 6.56. The van der Waals surface area contributed by atoms with Crippen LogP contribution in [0.1, 0.15) is 40.1 Å². The smallest absolute Gasteiger partial charge is 0.275 e. The monoisotopic (exact) mass is 478 g/mol. The fraction of sp³-hybridized carbons (Fsp3) is 0.450. The van der Waals surface area contributed by atoms with Crippen molar-refractivity contribution in [3.8, 4) is 0 Å². The predicted molar refractivity (Wildman–Crippen MR) is 117 cm³/mol. The van der Waals surface area contributed by atoms with Crippen molar-refractivity contribution in [1.29, 1.82) is 0 Å². The van der Waals surface area contributed by atoms with Gasteiger partial charge in [-0.05, 0) is 53.4 Å². The summed E-state index contributed by atoms with van der Waals surface area (Å²) in [6.45, 7) is 4.19. The molecule has 2 aromatic rings. The Bertz CT molecular complexity index is 892. The molecule has 2 amide bonds. The first kappa shape index (κ1) is 20.3. The number of hydrogen-bond donors (Lipinski definition) is 1. The molecule has 1 N–H and O–H groups in total. The number of rotatable bonds is 4. The molecule has 0 atom stereocenters. The molecule has 0 bridgehead atoms. The maximum Gasteiger partial charge on any atom is 0.275 e. The number of aromatic nitrogens is 1. The van der Waals surface area contributed by atoms with Crippen LogP contribution in [0, 0.1) is 0 Å². The average Bonchev–Trinajstić information content (AvgIpc) is 3.21. The van der Waals surface area contributed by atoms with Gasteiger partial charge in [0.1, 0.15) is 5.69 Å². The molecule has 0 unspecified atom stereocenters. The quantitative estimate of drug-likeness (QED) is 0.725. The predicted octanol–water partition coefficient (Wildman–Crippen LogP) is 3.62. The number of ether oxygens (including phenoxy) is 1. The van der Waals surface area contributed by atoms with Crippen molar-refractivity contribution in [2.45, 2.75) is 19.3 Å². The van der Waals surface area contributed by atoms with Crippen LogP contribution in [0.4, 0.5) is 11.4 Å².